The van der Waals surface area contributed by atoms with Gasteiger partial charge in [0.2, 0.25) is 0 Å². The molecule has 7 heteroatoms. The first-order valence-electron chi connectivity index (χ1n) is 6.76. The van der Waals surface area contributed by atoms with Crippen molar-refractivity contribution in [2.45, 2.75) is 0 Å². The number of rotatable bonds is 2. The summed E-state index contributed by atoms with van der Waals surface area (Å²) < 4.78 is 14.8. The number of hydrogen-bond donors (Lipinski definition) is 1. The molecule has 0 atom stereocenters. The zero-order chi connectivity index (χ0) is 16.6. The van der Waals surface area contributed by atoms with Gasteiger partial charge in [-0.1, -0.05) is 0 Å². The molecule has 5 nitrogen and oxygen atoms in total. The molecule has 1 aromatic heterocycles. The van der Waals surface area contributed by atoms with Crippen LogP contribution in [-0.4, -0.2) is 21.5 Å². The van der Waals surface area contributed by atoms with Crippen LogP contribution in [0.25, 0.3) is 6.08 Å². The second-order valence-electron chi connectivity index (χ2n) is 4.98. The van der Waals surface area contributed by atoms with Gasteiger partial charge in [-0.15, -0.1) is 0 Å². The van der Waals surface area contributed by atoms with Crippen molar-refractivity contribution in [3.63, 3.8) is 0 Å². The lowest BCUT2D eigenvalue weighted by Gasteiger charge is -2.28. The van der Waals surface area contributed by atoms with E-state index < -0.39 is 17.6 Å². The molecule has 0 aliphatic carbocycles. The Balaban J connectivity index is 2.02. The third-order valence-electron chi connectivity index (χ3n) is 3.46. The molecule has 1 fully saturated rings. The van der Waals surface area contributed by atoms with Crippen molar-refractivity contribution in [2.24, 2.45) is 7.05 Å². The topological polar surface area (TPSA) is 54.3 Å². The number of carbonyl (C=O) groups is 2. The molecule has 2 amide bonds. The standard InChI is InChI=1S/C16H12FN3O2S/c1-19-8-2-3-12(19)9-13-14(21)18-16(23)20(15(13)22)11-6-4-10(17)5-7-11/h2-9H,1H3,(H,18,21,23). The lowest BCUT2D eigenvalue weighted by molar-refractivity contribution is -0.122. The number of nitrogens with one attached hydrogen (secondary N) is 1. The third kappa shape index (κ3) is 2.78. The minimum Gasteiger partial charge on any atom is -0.351 e. The van der Waals surface area contributed by atoms with Crippen LogP contribution in [0.3, 0.4) is 0 Å². The highest BCUT2D eigenvalue weighted by molar-refractivity contribution is 7.80. The molecule has 2 heterocycles. The van der Waals surface area contributed by atoms with Crippen LogP contribution in [0.5, 0.6) is 0 Å². The van der Waals surface area contributed by atoms with E-state index in [1.54, 1.807) is 29.9 Å². The SMILES string of the molecule is Cn1cccc1C=C1C(=O)NC(=S)N(c2ccc(F)cc2)C1=O. The fraction of sp³-hybridized carbons (Fsp3) is 0.0625. The molecule has 1 aliphatic heterocycles. The maximum atomic E-state index is 13.1. The normalized spacial score (nSPS) is 16.9. The Bertz CT molecular complexity index is 839. The van der Waals surface area contributed by atoms with Crippen molar-refractivity contribution >= 4 is 40.9 Å². The molecule has 0 spiro atoms. The quantitative estimate of drug-likeness (QED) is 0.521. The number of anilines is 1. The average molecular weight is 329 g/mol. The number of halogens is 1. The summed E-state index contributed by atoms with van der Waals surface area (Å²) in [5, 5.41) is 2.45. The smallest absolute Gasteiger partial charge is 0.270 e. The first kappa shape index (κ1) is 15.1. The van der Waals surface area contributed by atoms with Gasteiger partial charge in [0.05, 0.1) is 5.69 Å². The lowest BCUT2D eigenvalue weighted by Crippen LogP contribution is -2.54. The molecular weight excluding hydrogens is 317 g/mol. The Morgan fingerprint density at radius 3 is 2.48 bits per heavy atom. The molecule has 1 aliphatic rings. The van der Waals surface area contributed by atoms with E-state index in [0.717, 1.165) is 0 Å². The monoisotopic (exact) mass is 329 g/mol. The van der Waals surface area contributed by atoms with Crippen LogP contribution < -0.4 is 10.2 Å². The van der Waals surface area contributed by atoms with E-state index in [9.17, 15) is 14.0 Å². The first-order chi connectivity index (χ1) is 11.0. The highest BCUT2D eigenvalue weighted by Crippen LogP contribution is 2.22. The summed E-state index contributed by atoms with van der Waals surface area (Å²) >= 11 is 5.07. The molecule has 1 aromatic carbocycles. The molecule has 0 radical (unpaired) electrons. The van der Waals surface area contributed by atoms with Crippen LogP contribution >= 0.6 is 12.2 Å². The van der Waals surface area contributed by atoms with E-state index in [2.05, 4.69) is 5.32 Å². The largest absolute Gasteiger partial charge is 0.351 e. The van der Waals surface area contributed by atoms with Gasteiger partial charge in [0.15, 0.2) is 5.11 Å². The van der Waals surface area contributed by atoms with Gasteiger partial charge in [-0.3, -0.25) is 19.8 Å². The summed E-state index contributed by atoms with van der Waals surface area (Å²) in [5.41, 5.74) is 1.05. The van der Waals surface area contributed by atoms with Gasteiger partial charge in [-0.05, 0) is 54.7 Å². The maximum Gasteiger partial charge on any atom is 0.270 e. The average Bonchev–Trinajstić information content (AvgIpc) is 2.90. The van der Waals surface area contributed by atoms with Gasteiger partial charge < -0.3 is 4.57 Å². The van der Waals surface area contributed by atoms with E-state index in [0.29, 0.717) is 11.4 Å². The summed E-state index contributed by atoms with van der Waals surface area (Å²) in [6.45, 7) is 0. The van der Waals surface area contributed by atoms with Crippen molar-refractivity contribution in [3.05, 3.63) is 59.7 Å². The van der Waals surface area contributed by atoms with Crippen LogP contribution in [0.15, 0.2) is 48.2 Å². The molecule has 0 saturated carbocycles. The number of amides is 2. The molecule has 1 saturated heterocycles. The summed E-state index contributed by atoms with van der Waals surface area (Å²) in [6.07, 6.45) is 3.30. The molecule has 1 N–H and O–H groups in total. The predicted molar refractivity (Wildman–Crippen MR) is 88.0 cm³/mol. The van der Waals surface area contributed by atoms with Crippen LogP contribution in [0.4, 0.5) is 10.1 Å². The summed E-state index contributed by atoms with van der Waals surface area (Å²) in [4.78, 5) is 25.9. The van der Waals surface area contributed by atoms with Crippen molar-refractivity contribution in [1.82, 2.24) is 9.88 Å². The second kappa shape index (κ2) is 5.77. The van der Waals surface area contributed by atoms with E-state index >= 15 is 0 Å². The molecule has 116 valence electrons. The minimum absolute atomic E-state index is 0.0318. The Morgan fingerprint density at radius 2 is 1.87 bits per heavy atom. The van der Waals surface area contributed by atoms with Gasteiger partial charge in [-0.2, -0.15) is 0 Å². The van der Waals surface area contributed by atoms with Crippen molar-refractivity contribution in [2.75, 3.05) is 4.90 Å². The zero-order valence-corrected chi connectivity index (χ0v) is 12.9. The molecule has 0 unspecified atom stereocenters. The molecular formula is C16H12FN3O2S. The second-order valence-corrected chi connectivity index (χ2v) is 5.36. The number of aromatic nitrogens is 1. The van der Waals surface area contributed by atoms with E-state index in [4.69, 9.17) is 12.2 Å². The lowest BCUT2D eigenvalue weighted by atomic mass is 10.1. The Hall–Kier alpha value is -2.80. The molecule has 2 aromatic rings. The van der Waals surface area contributed by atoms with Crippen LogP contribution in [0.1, 0.15) is 5.69 Å². The first-order valence-corrected chi connectivity index (χ1v) is 7.16. The van der Waals surface area contributed by atoms with Crippen LogP contribution in [-0.2, 0) is 16.6 Å². The minimum atomic E-state index is -0.556. The Morgan fingerprint density at radius 1 is 1.17 bits per heavy atom. The fourth-order valence-electron chi connectivity index (χ4n) is 2.25. The summed E-state index contributed by atoms with van der Waals surface area (Å²) in [7, 11) is 1.81. The van der Waals surface area contributed by atoms with Gasteiger partial charge in [0.1, 0.15) is 11.4 Å². The van der Waals surface area contributed by atoms with Gasteiger partial charge >= 0.3 is 0 Å². The fourth-order valence-corrected chi connectivity index (χ4v) is 2.54. The Kier molecular flexibility index (Phi) is 3.79. The summed E-state index contributed by atoms with van der Waals surface area (Å²) in [6, 6.07) is 8.89. The number of thiocarbonyl (C=S) groups is 1. The predicted octanol–water partition coefficient (Wildman–Crippen LogP) is 2.00. The molecule has 0 bridgehead atoms. The summed E-state index contributed by atoms with van der Waals surface area (Å²) in [5.74, 6) is -1.53. The van der Waals surface area contributed by atoms with Crippen molar-refractivity contribution in [1.29, 1.82) is 0 Å². The molecule has 23 heavy (non-hydrogen) atoms. The van der Waals surface area contributed by atoms with Gasteiger partial charge in [0, 0.05) is 18.9 Å². The van der Waals surface area contributed by atoms with E-state index in [-0.39, 0.29) is 10.7 Å². The number of carbonyl (C=O) groups excluding carboxylic acids is 2. The Labute approximate surface area is 137 Å². The molecule has 3 rings (SSSR count). The van der Waals surface area contributed by atoms with Crippen molar-refractivity contribution < 1.29 is 14.0 Å². The number of aryl methyl sites for hydroxylation is 1. The van der Waals surface area contributed by atoms with Crippen LogP contribution in [0.2, 0.25) is 0 Å². The van der Waals surface area contributed by atoms with Gasteiger partial charge in [-0.25, -0.2) is 4.39 Å². The van der Waals surface area contributed by atoms with E-state index in [1.165, 1.54) is 35.2 Å². The number of hydrogen-bond acceptors (Lipinski definition) is 3. The van der Waals surface area contributed by atoms with Crippen molar-refractivity contribution in [3.8, 4) is 0 Å². The zero-order valence-electron chi connectivity index (χ0n) is 12.1. The maximum absolute atomic E-state index is 13.1. The highest BCUT2D eigenvalue weighted by Gasteiger charge is 2.34. The van der Waals surface area contributed by atoms with E-state index in [1.807, 2.05) is 0 Å². The number of benzene rings is 1. The van der Waals surface area contributed by atoms with Gasteiger partial charge in [0.25, 0.3) is 11.8 Å². The van der Waals surface area contributed by atoms with Crippen LogP contribution in [0, 0.1) is 5.82 Å². The number of nitrogens with zero attached hydrogens (tertiary/aromatic N) is 2. The highest BCUT2D eigenvalue weighted by atomic mass is 32.1. The third-order valence-corrected chi connectivity index (χ3v) is 3.75.